The van der Waals surface area contributed by atoms with Crippen LogP contribution in [0.1, 0.15) is 11.4 Å². The molecule has 2 aromatic heterocycles. The Kier molecular flexibility index (Phi) is 4.51. The van der Waals surface area contributed by atoms with Gasteiger partial charge < -0.3 is 0 Å². The Hall–Kier alpha value is -5.06. The second kappa shape index (κ2) is 7.81. The van der Waals surface area contributed by atoms with Crippen molar-refractivity contribution in [2.24, 2.45) is 0 Å². The molecule has 0 amide bonds. The van der Waals surface area contributed by atoms with Gasteiger partial charge in [0.1, 0.15) is 23.5 Å². The Balaban J connectivity index is 1.69. The molecule has 0 fully saturated rings. The van der Waals surface area contributed by atoms with Crippen LogP contribution >= 0.6 is 0 Å². The van der Waals surface area contributed by atoms with Crippen molar-refractivity contribution in [3.05, 3.63) is 109 Å². The van der Waals surface area contributed by atoms with E-state index in [9.17, 15) is 10.5 Å². The van der Waals surface area contributed by atoms with Crippen LogP contribution in [-0.4, -0.2) is 9.97 Å². The summed E-state index contributed by atoms with van der Waals surface area (Å²) in [6.45, 7) is 0. The number of pyridine rings is 2. The third-order valence-corrected chi connectivity index (χ3v) is 6.25. The normalized spacial score (nSPS) is 10.9. The Morgan fingerprint density at radius 3 is 1.29 bits per heavy atom. The molecular weight excluding hydrogens is 416 g/mol. The van der Waals surface area contributed by atoms with Gasteiger partial charge in [-0.3, -0.25) is 0 Å². The maximum Gasteiger partial charge on any atom is 0.141 e. The van der Waals surface area contributed by atoms with Crippen LogP contribution in [0.15, 0.2) is 97.3 Å². The van der Waals surface area contributed by atoms with E-state index in [4.69, 9.17) is 0 Å². The summed E-state index contributed by atoms with van der Waals surface area (Å²) in [5, 5.41) is 25.6. The predicted octanol–water partition coefficient (Wildman–Crippen LogP) is 7.01. The molecule has 0 saturated heterocycles. The van der Waals surface area contributed by atoms with Gasteiger partial charge in [-0.2, -0.15) is 10.5 Å². The van der Waals surface area contributed by atoms with E-state index in [2.05, 4.69) is 82.8 Å². The molecular formula is C30H16N4. The van der Waals surface area contributed by atoms with Gasteiger partial charge in [0.15, 0.2) is 0 Å². The van der Waals surface area contributed by atoms with E-state index in [-0.39, 0.29) is 0 Å². The van der Waals surface area contributed by atoms with Gasteiger partial charge in [0.25, 0.3) is 0 Å². The molecule has 0 aliphatic rings. The summed E-state index contributed by atoms with van der Waals surface area (Å²) in [6, 6.07) is 33.1. The van der Waals surface area contributed by atoms with Crippen molar-refractivity contribution in [3.8, 4) is 34.4 Å². The predicted molar refractivity (Wildman–Crippen MR) is 135 cm³/mol. The minimum Gasteiger partial charge on any atom is -0.246 e. The van der Waals surface area contributed by atoms with Crippen LogP contribution in [0.25, 0.3) is 54.6 Å². The summed E-state index contributed by atoms with van der Waals surface area (Å²) >= 11 is 0. The lowest BCUT2D eigenvalue weighted by molar-refractivity contribution is 1.26. The zero-order valence-electron chi connectivity index (χ0n) is 18.0. The van der Waals surface area contributed by atoms with Crippen molar-refractivity contribution in [2.75, 3.05) is 0 Å². The molecule has 0 aliphatic carbocycles. The standard InChI is InChI=1S/C30H16N4/c31-17-23-13-21(9-11-33-23)19-5-7-27-25-3-1-2-4-26(25)28-8-6-20(16-30(28)29(27)15-19)22-10-12-34-24(14-22)18-32/h1-16H. The Labute approximate surface area is 196 Å². The van der Waals surface area contributed by atoms with Gasteiger partial charge in [0, 0.05) is 12.4 Å². The van der Waals surface area contributed by atoms with Crippen molar-refractivity contribution in [1.29, 1.82) is 10.5 Å². The molecule has 4 aromatic carbocycles. The summed E-state index contributed by atoms with van der Waals surface area (Å²) < 4.78 is 0. The fourth-order valence-corrected chi connectivity index (χ4v) is 4.66. The van der Waals surface area contributed by atoms with Gasteiger partial charge in [-0.15, -0.1) is 0 Å². The second-order valence-electron chi connectivity index (χ2n) is 8.15. The smallest absolute Gasteiger partial charge is 0.141 e. The fourth-order valence-electron chi connectivity index (χ4n) is 4.66. The first-order valence-corrected chi connectivity index (χ1v) is 10.9. The zero-order chi connectivity index (χ0) is 23.1. The molecule has 0 bridgehead atoms. The first-order valence-electron chi connectivity index (χ1n) is 10.9. The van der Waals surface area contributed by atoms with E-state index in [0.717, 1.165) is 33.0 Å². The largest absolute Gasteiger partial charge is 0.246 e. The van der Waals surface area contributed by atoms with Crippen molar-refractivity contribution < 1.29 is 0 Å². The van der Waals surface area contributed by atoms with Gasteiger partial charge in [-0.1, -0.05) is 48.5 Å². The first-order chi connectivity index (χ1) is 16.7. The maximum atomic E-state index is 9.28. The average Bonchev–Trinajstić information content (AvgIpc) is 2.92. The SMILES string of the molecule is N#Cc1cc(-c2ccc3c4ccccc4c4ccc(-c5ccnc(C#N)c5)cc4c3c2)ccn1. The summed E-state index contributed by atoms with van der Waals surface area (Å²) in [6.07, 6.45) is 3.34. The molecule has 4 heteroatoms. The summed E-state index contributed by atoms with van der Waals surface area (Å²) in [4.78, 5) is 8.21. The van der Waals surface area contributed by atoms with Gasteiger partial charge in [-0.25, -0.2) is 9.97 Å². The molecule has 6 rings (SSSR count). The van der Waals surface area contributed by atoms with Crippen LogP contribution < -0.4 is 0 Å². The number of nitrogens with zero attached hydrogens (tertiary/aromatic N) is 4. The van der Waals surface area contributed by atoms with Crippen molar-refractivity contribution in [2.45, 2.75) is 0 Å². The van der Waals surface area contributed by atoms with E-state index in [1.54, 1.807) is 12.4 Å². The molecule has 0 spiro atoms. The van der Waals surface area contributed by atoms with E-state index >= 15 is 0 Å². The number of aromatic nitrogens is 2. The second-order valence-corrected chi connectivity index (χ2v) is 8.15. The minimum absolute atomic E-state index is 0.397. The van der Waals surface area contributed by atoms with Crippen LogP contribution in [-0.2, 0) is 0 Å². The first kappa shape index (κ1) is 19.6. The lowest BCUT2D eigenvalue weighted by Crippen LogP contribution is -1.88. The number of nitriles is 2. The van der Waals surface area contributed by atoms with Crippen LogP contribution in [0.5, 0.6) is 0 Å². The minimum atomic E-state index is 0.397. The highest BCUT2D eigenvalue weighted by Crippen LogP contribution is 2.38. The molecule has 0 aliphatic heterocycles. The van der Waals surface area contributed by atoms with Crippen LogP contribution in [0.3, 0.4) is 0 Å². The number of fused-ring (bicyclic) bond motifs is 6. The molecule has 2 heterocycles. The number of rotatable bonds is 2. The molecule has 34 heavy (non-hydrogen) atoms. The Bertz CT molecular complexity index is 1700. The monoisotopic (exact) mass is 432 g/mol. The molecule has 0 atom stereocenters. The van der Waals surface area contributed by atoms with E-state index in [1.807, 2.05) is 24.3 Å². The van der Waals surface area contributed by atoms with Crippen LogP contribution in [0.4, 0.5) is 0 Å². The van der Waals surface area contributed by atoms with E-state index in [0.29, 0.717) is 11.4 Å². The topological polar surface area (TPSA) is 73.4 Å². The summed E-state index contributed by atoms with van der Waals surface area (Å²) in [5.74, 6) is 0. The summed E-state index contributed by atoms with van der Waals surface area (Å²) in [7, 11) is 0. The number of hydrogen-bond acceptors (Lipinski definition) is 4. The van der Waals surface area contributed by atoms with Gasteiger partial charge in [0.2, 0.25) is 0 Å². The highest BCUT2D eigenvalue weighted by Gasteiger charge is 2.12. The highest BCUT2D eigenvalue weighted by atomic mass is 14.7. The molecule has 6 aromatic rings. The Morgan fingerprint density at radius 1 is 0.441 bits per heavy atom. The summed E-state index contributed by atoms with van der Waals surface area (Å²) in [5.41, 5.74) is 4.77. The van der Waals surface area contributed by atoms with Gasteiger partial charge >= 0.3 is 0 Å². The molecule has 0 saturated carbocycles. The van der Waals surface area contributed by atoms with Crippen LogP contribution in [0, 0.1) is 22.7 Å². The van der Waals surface area contributed by atoms with Crippen molar-refractivity contribution in [3.63, 3.8) is 0 Å². The zero-order valence-corrected chi connectivity index (χ0v) is 18.0. The lowest BCUT2D eigenvalue weighted by atomic mass is 9.90. The average molecular weight is 432 g/mol. The molecule has 0 radical (unpaired) electrons. The van der Waals surface area contributed by atoms with Crippen LogP contribution in [0.2, 0.25) is 0 Å². The number of benzene rings is 4. The van der Waals surface area contributed by atoms with E-state index in [1.165, 1.54) is 21.5 Å². The molecule has 0 unspecified atom stereocenters. The third-order valence-electron chi connectivity index (χ3n) is 6.25. The molecule has 156 valence electrons. The molecule has 0 N–H and O–H groups in total. The maximum absolute atomic E-state index is 9.28. The fraction of sp³-hybridized carbons (Fsp3) is 0. The Morgan fingerprint density at radius 2 is 0.853 bits per heavy atom. The van der Waals surface area contributed by atoms with Crippen molar-refractivity contribution in [1.82, 2.24) is 9.97 Å². The lowest BCUT2D eigenvalue weighted by Gasteiger charge is -2.13. The van der Waals surface area contributed by atoms with Gasteiger partial charge in [0.05, 0.1) is 0 Å². The highest BCUT2D eigenvalue weighted by molar-refractivity contribution is 6.26. The quantitative estimate of drug-likeness (QED) is 0.276. The van der Waals surface area contributed by atoms with Crippen molar-refractivity contribution >= 4 is 32.3 Å². The number of hydrogen-bond donors (Lipinski definition) is 0. The van der Waals surface area contributed by atoms with E-state index < -0.39 is 0 Å². The third kappa shape index (κ3) is 3.14. The molecule has 4 nitrogen and oxygen atoms in total. The van der Waals surface area contributed by atoms with Gasteiger partial charge in [-0.05, 0) is 91.0 Å².